The van der Waals surface area contributed by atoms with Gasteiger partial charge >= 0.3 is 5.97 Å². The first-order valence-corrected chi connectivity index (χ1v) is 6.26. The lowest BCUT2D eigenvalue weighted by atomic mass is 10.1. The number of carbonyl (C=O) groups excluding carboxylic acids is 1. The lowest BCUT2D eigenvalue weighted by Crippen LogP contribution is -2.50. The maximum Gasteiger partial charge on any atom is 0.328 e. The lowest BCUT2D eigenvalue weighted by Gasteiger charge is -2.15. The Balaban J connectivity index is 0. The number of rotatable bonds is 8. The summed E-state index contributed by atoms with van der Waals surface area (Å²) < 4.78 is 0. The Bertz CT molecular complexity index is 392. The lowest BCUT2D eigenvalue weighted by molar-refractivity contribution is -0.143. The number of hydrogen-bond donors (Lipinski definition) is 7. The van der Waals surface area contributed by atoms with Crippen molar-refractivity contribution in [2.24, 2.45) is 22.2 Å². The zero-order valence-electron chi connectivity index (χ0n) is 12.2. The van der Waals surface area contributed by atoms with Crippen LogP contribution in [0, 0.1) is 0 Å². The van der Waals surface area contributed by atoms with Crippen LogP contribution in [0.2, 0.25) is 0 Å². The van der Waals surface area contributed by atoms with E-state index >= 15 is 0 Å². The molecule has 0 rings (SSSR count). The molecule has 11 heteroatoms. The van der Waals surface area contributed by atoms with Crippen LogP contribution in [0.5, 0.6) is 0 Å². The molecule has 2 unspecified atom stereocenters. The minimum Gasteiger partial charge on any atom is -0.481 e. The van der Waals surface area contributed by atoms with E-state index in [1.807, 2.05) is 0 Å². The van der Waals surface area contributed by atoms with E-state index in [1.165, 1.54) is 0 Å². The number of carboxylic acids is 2. The van der Waals surface area contributed by atoms with Gasteiger partial charge in [-0.25, -0.2) is 4.79 Å². The van der Waals surface area contributed by atoms with Crippen LogP contribution in [0.1, 0.15) is 19.8 Å². The van der Waals surface area contributed by atoms with Crippen molar-refractivity contribution in [3.05, 3.63) is 0 Å². The normalized spacial score (nSPS) is 12.1. The number of nitrogens with one attached hydrogen (secondary N) is 1. The van der Waals surface area contributed by atoms with E-state index in [9.17, 15) is 9.59 Å². The van der Waals surface area contributed by atoms with Crippen molar-refractivity contribution in [3.63, 3.8) is 0 Å². The SMILES string of the molecule is CC(=O)O.NC(N)=NCCCC(N)C(=O)NC(CO)C(=O)O. The van der Waals surface area contributed by atoms with Crippen molar-refractivity contribution in [3.8, 4) is 0 Å². The number of nitrogens with zero attached hydrogens (tertiary/aromatic N) is 1. The smallest absolute Gasteiger partial charge is 0.328 e. The number of hydrogen-bond acceptors (Lipinski definition) is 6. The van der Waals surface area contributed by atoms with Crippen molar-refractivity contribution in [2.75, 3.05) is 13.2 Å². The Morgan fingerprint density at radius 2 is 1.73 bits per heavy atom. The average molecular weight is 321 g/mol. The number of aliphatic hydroxyl groups is 1. The molecular weight excluding hydrogens is 298 g/mol. The minimum absolute atomic E-state index is 0.0424. The molecule has 0 spiro atoms. The summed E-state index contributed by atoms with van der Waals surface area (Å²) in [6.45, 7) is 0.730. The van der Waals surface area contributed by atoms with Crippen LogP contribution < -0.4 is 22.5 Å². The molecule has 0 aliphatic carbocycles. The molecule has 0 aromatic heterocycles. The summed E-state index contributed by atoms with van der Waals surface area (Å²) in [6.07, 6.45) is 0.795. The minimum atomic E-state index is -1.35. The Hall–Kier alpha value is -2.40. The van der Waals surface area contributed by atoms with E-state index in [0.717, 1.165) is 6.92 Å². The third-order valence-electron chi connectivity index (χ3n) is 2.10. The van der Waals surface area contributed by atoms with E-state index in [0.29, 0.717) is 19.4 Å². The van der Waals surface area contributed by atoms with Gasteiger partial charge in [-0.1, -0.05) is 0 Å². The molecule has 2 atom stereocenters. The molecule has 10 N–H and O–H groups in total. The highest BCUT2D eigenvalue weighted by atomic mass is 16.4. The van der Waals surface area contributed by atoms with E-state index in [2.05, 4.69) is 10.3 Å². The predicted molar refractivity (Wildman–Crippen MR) is 77.8 cm³/mol. The molecule has 1 amide bonds. The summed E-state index contributed by atoms with van der Waals surface area (Å²) in [5.41, 5.74) is 15.8. The first-order valence-electron chi connectivity index (χ1n) is 6.26. The monoisotopic (exact) mass is 321 g/mol. The number of aliphatic imine (C=N–C) groups is 1. The molecule has 0 aliphatic heterocycles. The number of amides is 1. The molecular formula is C11H23N5O6. The Kier molecular flexibility index (Phi) is 12.3. The second-order valence-electron chi connectivity index (χ2n) is 4.16. The molecule has 22 heavy (non-hydrogen) atoms. The van der Waals surface area contributed by atoms with Gasteiger partial charge in [-0.05, 0) is 12.8 Å². The van der Waals surface area contributed by atoms with Crippen LogP contribution >= 0.6 is 0 Å². The fourth-order valence-electron chi connectivity index (χ4n) is 1.11. The van der Waals surface area contributed by atoms with Gasteiger partial charge in [0.2, 0.25) is 5.91 Å². The summed E-state index contributed by atoms with van der Waals surface area (Å²) in [7, 11) is 0. The summed E-state index contributed by atoms with van der Waals surface area (Å²) >= 11 is 0. The number of nitrogens with two attached hydrogens (primary N) is 3. The first-order chi connectivity index (χ1) is 10.1. The van der Waals surface area contributed by atoms with E-state index < -0.39 is 36.5 Å². The van der Waals surface area contributed by atoms with Crippen molar-refractivity contribution in [2.45, 2.75) is 31.8 Å². The largest absolute Gasteiger partial charge is 0.481 e. The zero-order chi connectivity index (χ0) is 17.7. The second kappa shape index (κ2) is 12.3. The maximum atomic E-state index is 11.4. The van der Waals surface area contributed by atoms with Crippen molar-refractivity contribution in [1.29, 1.82) is 0 Å². The van der Waals surface area contributed by atoms with Gasteiger partial charge in [0.05, 0.1) is 12.6 Å². The molecule has 0 bridgehead atoms. The number of carboxylic acid groups (broad SMARTS) is 2. The van der Waals surface area contributed by atoms with E-state index in [4.69, 9.17) is 37.3 Å². The first kappa shape index (κ1) is 21.9. The molecule has 128 valence electrons. The van der Waals surface area contributed by atoms with E-state index in [1.54, 1.807) is 0 Å². The second-order valence-corrected chi connectivity index (χ2v) is 4.16. The van der Waals surface area contributed by atoms with Gasteiger partial charge < -0.3 is 37.8 Å². The highest BCUT2D eigenvalue weighted by Crippen LogP contribution is 1.96. The molecule has 11 nitrogen and oxygen atoms in total. The molecule has 0 saturated heterocycles. The van der Waals surface area contributed by atoms with Crippen LogP contribution in [0.15, 0.2) is 4.99 Å². The van der Waals surface area contributed by atoms with Gasteiger partial charge in [0.15, 0.2) is 5.96 Å². The quantitative estimate of drug-likeness (QED) is 0.138. The van der Waals surface area contributed by atoms with Crippen molar-refractivity contribution < 1.29 is 29.7 Å². The number of guanidine groups is 1. The zero-order valence-corrected chi connectivity index (χ0v) is 12.2. The highest BCUT2D eigenvalue weighted by molar-refractivity contribution is 5.86. The molecule has 0 aliphatic rings. The van der Waals surface area contributed by atoms with Gasteiger partial charge in [-0.2, -0.15) is 0 Å². The van der Waals surface area contributed by atoms with Gasteiger partial charge in [0.25, 0.3) is 5.97 Å². The Morgan fingerprint density at radius 3 is 2.09 bits per heavy atom. The molecule has 0 heterocycles. The van der Waals surface area contributed by atoms with Crippen LogP contribution in [0.4, 0.5) is 0 Å². The van der Waals surface area contributed by atoms with Crippen LogP contribution in [0.25, 0.3) is 0 Å². The molecule has 0 fully saturated rings. The van der Waals surface area contributed by atoms with Crippen LogP contribution in [0.3, 0.4) is 0 Å². The van der Waals surface area contributed by atoms with Gasteiger partial charge in [0, 0.05) is 13.5 Å². The molecule has 0 aromatic carbocycles. The number of aliphatic hydroxyl groups excluding tert-OH is 1. The summed E-state index contributed by atoms with van der Waals surface area (Å²) in [6, 6.07) is -2.21. The fourth-order valence-corrected chi connectivity index (χ4v) is 1.11. The third-order valence-corrected chi connectivity index (χ3v) is 2.10. The van der Waals surface area contributed by atoms with Crippen LogP contribution in [-0.2, 0) is 14.4 Å². The Morgan fingerprint density at radius 1 is 1.23 bits per heavy atom. The summed E-state index contributed by atoms with van der Waals surface area (Å²) in [5, 5.41) is 26.9. The Labute approximate surface area is 127 Å². The highest BCUT2D eigenvalue weighted by Gasteiger charge is 2.21. The van der Waals surface area contributed by atoms with Gasteiger partial charge in [-0.15, -0.1) is 0 Å². The predicted octanol–water partition coefficient (Wildman–Crippen LogP) is -2.98. The topological polar surface area (TPSA) is 214 Å². The average Bonchev–Trinajstić information content (AvgIpc) is 2.39. The van der Waals surface area contributed by atoms with Crippen molar-refractivity contribution >= 4 is 23.8 Å². The van der Waals surface area contributed by atoms with E-state index in [-0.39, 0.29) is 5.96 Å². The molecule has 0 radical (unpaired) electrons. The summed E-state index contributed by atoms with van der Waals surface area (Å²) in [5.74, 6) is -2.83. The maximum absolute atomic E-state index is 11.4. The van der Waals surface area contributed by atoms with Gasteiger partial charge in [-0.3, -0.25) is 14.6 Å². The number of aliphatic carboxylic acids is 2. The number of carbonyl (C=O) groups is 3. The molecule has 0 aromatic rings. The van der Waals surface area contributed by atoms with Crippen LogP contribution in [-0.4, -0.2) is 64.4 Å². The van der Waals surface area contributed by atoms with Crippen molar-refractivity contribution in [1.82, 2.24) is 5.32 Å². The fraction of sp³-hybridized carbons (Fsp3) is 0.636. The third kappa shape index (κ3) is 14.0. The standard InChI is InChI=1S/C9H19N5O4.C2H4O2/c10-5(2-1-3-13-9(11)12)7(16)14-6(4-15)8(17)18;1-2(3)4/h5-6,15H,1-4,10H2,(H,14,16)(H,17,18)(H4,11,12,13);1H3,(H,3,4). The summed E-state index contributed by atoms with van der Waals surface area (Å²) in [4.78, 5) is 34.7. The molecule has 0 saturated carbocycles. The van der Waals surface area contributed by atoms with Gasteiger partial charge in [0.1, 0.15) is 6.04 Å².